The second-order valence-corrected chi connectivity index (χ2v) is 4.06. The highest BCUT2D eigenvalue weighted by molar-refractivity contribution is 5.02. The molecule has 4 heteroatoms. The maximum atomic E-state index is 5.68. The molecule has 4 nitrogen and oxygen atoms in total. The molecule has 0 spiro atoms. The lowest BCUT2D eigenvalue weighted by Crippen LogP contribution is -2.34. The number of hydrogen-bond donors (Lipinski definition) is 1. The lowest BCUT2D eigenvalue weighted by molar-refractivity contribution is 0.285. The van der Waals surface area contributed by atoms with E-state index >= 15 is 0 Å². The van der Waals surface area contributed by atoms with Gasteiger partial charge in [0.1, 0.15) is 0 Å². The number of rotatable bonds is 2. The summed E-state index contributed by atoms with van der Waals surface area (Å²) in [6.45, 7) is 4.09. The molecule has 13 heavy (non-hydrogen) atoms. The van der Waals surface area contributed by atoms with Crippen LogP contribution in [0.4, 0.5) is 0 Å². The van der Waals surface area contributed by atoms with Gasteiger partial charge in [-0.25, -0.2) is 0 Å². The fraction of sp³-hybridized carbons (Fsp3) is 0.778. The first-order chi connectivity index (χ1) is 6.16. The Morgan fingerprint density at radius 3 is 2.54 bits per heavy atom. The summed E-state index contributed by atoms with van der Waals surface area (Å²) in [5.41, 5.74) is 5.68. The first kappa shape index (κ1) is 8.69. The van der Waals surface area contributed by atoms with Gasteiger partial charge in [-0.3, -0.25) is 0 Å². The van der Waals surface area contributed by atoms with E-state index in [0.717, 1.165) is 24.6 Å². The Morgan fingerprint density at radius 1 is 1.38 bits per heavy atom. The molecular weight excluding hydrogens is 166 g/mol. The van der Waals surface area contributed by atoms with Crippen molar-refractivity contribution in [3.8, 4) is 0 Å². The summed E-state index contributed by atoms with van der Waals surface area (Å²) in [5.74, 6) is 2.23. The number of hydrogen-bond acceptors (Lipinski definition) is 4. The molecule has 0 bridgehead atoms. The molecule has 2 rings (SSSR count). The highest BCUT2D eigenvalue weighted by Gasteiger charge is 2.31. The Balaban J connectivity index is 2.06. The van der Waals surface area contributed by atoms with E-state index in [2.05, 4.69) is 10.2 Å². The summed E-state index contributed by atoms with van der Waals surface area (Å²) < 4.78 is 5.52. The quantitative estimate of drug-likeness (QED) is 0.749. The monoisotopic (exact) mass is 181 g/mol. The van der Waals surface area contributed by atoms with Crippen molar-refractivity contribution >= 4 is 0 Å². The second-order valence-electron chi connectivity index (χ2n) is 4.06. The summed E-state index contributed by atoms with van der Waals surface area (Å²) >= 11 is 0. The summed E-state index contributed by atoms with van der Waals surface area (Å²) in [6, 6.07) is 0.333. The van der Waals surface area contributed by atoms with Gasteiger partial charge in [-0.1, -0.05) is 13.8 Å². The van der Waals surface area contributed by atoms with E-state index in [9.17, 15) is 0 Å². The Labute approximate surface area is 77.5 Å². The van der Waals surface area contributed by atoms with Gasteiger partial charge in [0, 0.05) is 17.9 Å². The van der Waals surface area contributed by atoms with Crippen molar-refractivity contribution in [2.24, 2.45) is 5.73 Å². The Morgan fingerprint density at radius 2 is 2.08 bits per heavy atom. The maximum absolute atomic E-state index is 5.68. The van der Waals surface area contributed by atoms with Crippen LogP contribution in [0.2, 0.25) is 0 Å². The molecule has 1 heterocycles. The lowest BCUT2D eigenvalue weighted by Gasteiger charge is -2.29. The molecule has 1 saturated carbocycles. The lowest BCUT2D eigenvalue weighted by atomic mass is 9.81. The first-order valence-electron chi connectivity index (χ1n) is 4.75. The minimum absolute atomic E-state index is 0.315. The SMILES string of the molecule is CC(C)c1nnc(C2CC(N)C2)o1. The molecule has 1 aromatic rings. The van der Waals surface area contributed by atoms with Gasteiger partial charge in [0.2, 0.25) is 11.8 Å². The largest absolute Gasteiger partial charge is 0.425 e. The molecule has 72 valence electrons. The topological polar surface area (TPSA) is 64.9 Å². The summed E-state index contributed by atoms with van der Waals surface area (Å²) in [7, 11) is 0. The smallest absolute Gasteiger partial charge is 0.219 e. The molecule has 0 aliphatic heterocycles. The molecule has 0 aromatic carbocycles. The van der Waals surface area contributed by atoms with Crippen LogP contribution in [0.3, 0.4) is 0 Å². The molecule has 0 radical (unpaired) electrons. The minimum Gasteiger partial charge on any atom is -0.425 e. The van der Waals surface area contributed by atoms with Crippen LogP contribution in [-0.2, 0) is 0 Å². The van der Waals surface area contributed by atoms with Crippen molar-refractivity contribution in [1.29, 1.82) is 0 Å². The van der Waals surface area contributed by atoms with Gasteiger partial charge < -0.3 is 10.2 Å². The van der Waals surface area contributed by atoms with E-state index < -0.39 is 0 Å². The third kappa shape index (κ3) is 1.58. The van der Waals surface area contributed by atoms with Crippen LogP contribution in [0.5, 0.6) is 0 Å². The van der Waals surface area contributed by atoms with Gasteiger partial charge in [0.15, 0.2) is 0 Å². The van der Waals surface area contributed by atoms with Crippen LogP contribution in [0.25, 0.3) is 0 Å². The molecule has 0 atom stereocenters. The normalized spacial score (nSPS) is 27.7. The van der Waals surface area contributed by atoms with Crippen molar-refractivity contribution < 1.29 is 4.42 Å². The third-order valence-corrected chi connectivity index (χ3v) is 2.47. The van der Waals surface area contributed by atoms with E-state index in [0.29, 0.717) is 17.9 Å². The van der Waals surface area contributed by atoms with Crippen molar-refractivity contribution in [1.82, 2.24) is 10.2 Å². The highest BCUT2D eigenvalue weighted by atomic mass is 16.4. The minimum atomic E-state index is 0.315. The number of nitrogens with zero attached hydrogens (tertiary/aromatic N) is 2. The van der Waals surface area contributed by atoms with E-state index in [1.807, 2.05) is 13.8 Å². The first-order valence-corrected chi connectivity index (χ1v) is 4.75. The van der Waals surface area contributed by atoms with Gasteiger partial charge in [-0.2, -0.15) is 0 Å². The molecule has 1 fully saturated rings. The molecular formula is C9H15N3O. The van der Waals surface area contributed by atoms with Crippen LogP contribution < -0.4 is 5.73 Å². The second kappa shape index (κ2) is 3.10. The van der Waals surface area contributed by atoms with Gasteiger partial charge in [-0.15, -0.1) is 10.2 Å². The molecule has 1 aliphatic rings. The molecule has 0 amide bonds. The van der Waals surface area contributed by atoms with Crippen LogP contribution in [-0.4, -0.2) is 16.2 Å². The molecule has 0 saturated heterocycles. The standard InChI is InChI=1S/C9H15N3O/c1-5(2)8-11-12-9(13-8)6-3-7(10)4-6/h5-7H,3-4,10H2,1-2H3. The molecule has 1 aromatic heterocycles. The summed E-state index contributed by atoms with van der Waals surface area (Å²) in [4.78, 5) is 0. The molecule has 1 aliphatic carbocycles. The Hall–Kier alpha value is -0.900. The Bertz CT molecular complexity index is 289. The number of nitrogens with two attached hydrogens (primary N) is 1. The Kier molecular flexibility index (Phi) is 2.07. The van der Waals surface area contributed by atoms with Crippen LogP contribution in [0.15, 0.2) is 4.42 Å². The fourth-order valence-electron chi connectivity index (χ4n) is 1.51. The zero-order valence-electron chi connectivity index (χ0n) is 8.03. The van der Waals surface area contributed by atoms with Gasteiger partial charge in [0.25, 0.3) is 0 Å². The van der Waals surface area contributed by atoms with Crippen LogP contribution >= 0.6 is 0 Å². The van der Waals surface area contributed by atoms with Gasteiger partial charge >= 0.3 is 0 Å². The van der Waals surface area contributed by atoms with Crippen molar-refractivity contribution in [2.45, 2.75) is 44.6 Å². The predicted octanol–water partition coefficient (Wildman–Crippen LogP) is 1.40. The average Bonchev–Trinajstić information content (AvgIpc) is 2.46. The zero-order chi connectivity index (χ0) is 9.42. The molecule has 2 N–H and O–H groups in total. The van der Waals surface area contributed by atoms with Crippen molar-refractivity contribution in [3.05, 3.63) is 11.8 Å². The van der Waals surface area contributed by atoms with Crippen LogP contribution in [0, 0.1) is 0 Å². The summed E-state index contributed by atoms with van der Waals surface area (Å²) in [5, 5.41) is 8.01. The van der Waals surface area contributed by atoms with Crippen molar-refractivity contribution in [2.75, 3.05) is 0 Å². The van der Waals surface area contributed by atoms with Gasteiger partial charge in [-0.05, 0) is 12.8 Å². The van der Waals surface area contributed by atoms with E-state index in [1.54, 1.807) is 0 Å². The fourth-order valence-corrected chi connectivity index (χ4v) is 1.51. The third-order valence-electron chi connectivity index (χ3n) is 2.47. The maximum Gasteiger partial charge on any atom is 0.219 e. The van der Waals surface area contributed by atoms with Gasteiger partial charge in [0.05, 0.1) is 0 Å². The highest BCUT2D eigenvalue weighted by Crippen LogP contribution is 2.35. The summed E-state index contributed by atoms with van der Waals surface area (Å²) in [6.07, 6.45) is 1.97. The predicted molar refractivity (Wildman–Crippen MR) is 48.3 cm³/mol. The van der Waals surface area contributed by atoms with Crippen LogP contribution in [0.1, 0.15) is 50.3 Å². The van der Waals surface area contributed by atoms with E-state index in [1.165, 1.54) is 0 Å². The average molecular weight is 181 g/mol. The number of aromatic nitrogens is 2. The molecule has 0 unspecified atom stereocenters. The van der Waals surface area contributed by atoms with Crippen molar-refractivity contribution in [3.63, 3.8) is 0 Å². The van der Waals surface area contributed by atoms with E-state index in [-0.39, 0.29) is 0 Å². The van der Waals surface area contributed by atoms with E-state index in [4.69, 9.17) is 10.2 Å². The zero-order valence-corrected chi connectivity index (χ0v) is 8.03.